The number of aryl methyl sites for hydroxylation is 1. The van der Waals surface area contributed by atoms with E-state index < -0.39 is 6.10 Å². The minimum absolute atomic E-state index is 0.382. The monoisotopic (exact) mass is 251 g/mol. The van der Waals surface area contributed by atoms with Gasteiger partial charge in [-0.25, -0.2) is 0 Å². The van der Waals surface area contributed by atoms with E-state index in [9.17, 15) is 5.11 Å². The molecule has 4 heteroatoms. The zero-order valence-electron chi connectivity index (χ0n) is 9.48. The van der Waals surface area contributed by atoms with E-state index in [1.165, 1.54) is 0 Å². The van der Waals surface area contributed by atoms with E-state index in [-0.39, 0.29) is 0 Å². The first-order chi connectivity index (χ1) is 8.16. The molecule has 17 heavy (non-hydrogen) atoms. The summed E-state index contributed by atoms with van der Waals surface area (Å²) in [6.45, 7) is 2.33. The number of hydrogen-bond acceptors (Lipinski definition) is 3. The second-order valence-corrected chi connectivity index (χ2v) is 4.28. The van der Waals surface area contributed by atoms with Gasteiger partial charge < -0.3 is 14.8 Å². The molecular weight excluding hydrogens is 238 g/mol. The van der Waals surface area contributed by atoms with E-state index in [0.717, 1.165) is 11.3 Å². The summed E-state index contributed by atoms with van der Waals surface area (Å²) in [7, 11) is 0. The van der Waals surface area contributed by atoms with Gasteiger partial charge in [0.05, 0.1) is 6.26 Å². The van der Waals surface area contributed by atoms with Gasteiger partial charge in [-0.1, -0.05) is 17.7 Å². The molecule has 1 unspecified atom stereocenters. The Labute approximate surface area is 105 Å². The number of aliphatic hydroxyl groups is 1. The summed E-state index contributed by atoms with van der Waals surface area (Å²) in [4.78, 5) is 0. The summed E-state index contributed by atoms with van der Waals surface area (Å²) in [6.07, 6.45) is 0.881. The molecule has 0 spiro atoms. The zero-order valence-corrected chi connectivity index (χ0v) is 10.2. The van der Waals surface area contributed by atoms with Crippen LogP contribution in [-0.4, -0.2) is 11.7 Å². The van der Waals surface area contributed by atoms with Gasteiger partial charge in [0.1, 0.15) is 11.9 Å². The van der Waals surface area contributed by atoms with Gasteiger partial charge in [0, 0.05) is 17.3 Å². The fourth-order valence-electron chi connectivity index (χ4n) is 1.50. The predicted octanol–water partition coefficient (Wildman–Crippen LogP) is 3.39. The van der Waals surface area contributed by atoms with Crippen LogP contribution in [0.5, 0.6) is 0 Å². The fourth-order valence-corrected chi connectivity index (χ4v) is 1.68. The molecule has 0 amide bonds. The van der Waals surface area contributed by atoms with Gasteiger partial charge in [0.25, 0.3) is 0 Å². The Kier molecular flexibility index (Phi) is 3.71. The molecule has 1 aromatic carbocycles. The van der Waals surface area contributed by atoms with Crippen molar-refractivity contribution in [3.63, 3.8) is 0 Å². The third-order valence-corrected chi connectivity index (χ3v) is 2.95. The van der Waals surface area contributed by atoms with E-state index in [4.69, 9.17) is 16.0 Å². The number of halogens is 1. The van der Waals surface area contributed by atoms with Crippen LogP contribution in [0.1, 0.15) is 17.4 Å². The Morgan fingerprint density at radius 3 is 2.88 bits per heavy atom. The molecule has 0 aliphatic rings. The van der Waals surface area contributed by atoms with Gasteiger partial charge in [-0.3, -0.25) is 0 Å². The number of benzene rings is 1. The number of rotatable bonds is 4. The molecule has 0 bridgehead atoms. The summed E-state index contributed by atoms with van der Waals surface area (Å²) in [6, 6.07) is 9.20. The summed E-state index contributed by atoms with van der Waals surface area (Å²) >= 11 is 6.01. The van der Waals surface area contributed by atoms with Crippen LogP contribution in [0.15, 0.2) is 41.0 Å². The van der Waals surface area contributed by atoms with Crippen LogP contribution < -0.4 is 5.32 Å². The largest absolute Gasteiger partial charge is 0.467 e. The molecule has 3 nitrogen and oxygen atoms in total. The van der Waals surface area contributed by atoms with Gasteiger partial charge in [-0.2, -0.15) is 0 Å². The fraction of sp³-hybridized carbons (Fsp3) is 0.231. The molecule has 2 rings (SSSR count). The molecule has 90 valence electrons. The highest BCUT2D eigenvalue weighted by molar-refractivity contribution is 6.31. The standard InChI is InChI=1S/C13H14ClNO2/c1-9-4-5-10(7-11(9)14)15-8-12(16)13-3-2-6-17-13/h2-7,12,15-16H,8H2,1H3. The summed E-state index contributed by atoms with van der Waals surface area (Å²) in [5, 5.41) is 13.6. The highest BCUT2D eigenvalue weighted by Crippen LogP contribution is 2.21. The Bertz CT molecular complexity index is 482. The van der Waals surface area contributed by atoms with Crippen molar-refractivity contribution in [2.45, 2.75) is 13.0 Å². The van der Waals surface area contributed by atoms with E-state index in [1.807, 2.05) is 25.1 Å². The Hall–Kier alpha value is -1.45. The van der Waals surface area contributed by atoms with Crippen LogP contribution in [0.25, 0.3) is 0 Å². The van der Waals surface area contributed by atoms with Gasteiger partial charge in [-0.15, -0.1) is 0 Å². The smallest absolute Gasteiger partial charge is 0.134 e. The van der Waals surface area contributed by atoms with E-state index in [0.29, 0.717) is 17.3 Å². The van der Waals surface area contributed by atoms with Gasteiger partial charge in [-0.05, 0) is 36.8 Å². The number of anilines is 1. The van der Waals surface area contributed by atoms with Gasteiger partial charge in [0.2, 0.25) is 0 Å². The maximum Gasteiger partial charge on any atom is 0.134 e. The van der Waals surface area contributed by atoms with Crippen LogP contribution in [0, 0.1) is 6.92 Å². The van der Waals surface area contributed by atoms with Crippen molar-refractivity contribution in [3.05, 3.63) is 52.9 Å². The van der Waals surface area contributed by atoms with Crippen molar-refractivity contribution in [1.82, 2.24) is 0 Å². The molecular formula is C13H14ClNO2. The van der Waals surface area contributed by atoms with Crippen LogP contribution in [-0.2, 0) is 0 Å². The molecule has 1 heterocycles. The average Bonchev–Trinajstić information content (AvgIpc) is 2.84. The van der Waals surface area contributed by atoms with Gasteiger partial charge in [0.15, 0.2) is 0 Å². The van der Waals surface area contributed by atoms with Crippen molar-refractivity contribution in [3.8, 4) is 0 Å². The van der Waals surface area contributed by atoms with Crippen molar-refractivity contribution in [2.75, 3.05) is 11.9 Å². The molecule has 0 saturated carbocycles. The van der Waals surface area contributed by atoms with Crippen LogP contribution >= 0.6 is 11.6 Å². The molecule has 2 aromatic rings. The van der Waals surface area contributed by atoms with Crippen molar-refractivity contribution < 1.29 is 9.52 Å². The predicted molar refractivity (Wildman–Crippen MR) is 68.3 cm³/mol. The first-order valence-electron chi connectivity index (χ1n) is 5.38. The van der Waals surface area contributed by atoms with Gasteiger partial charge >= 0.3 is 0 Å². The Morgan fingerprint density at radius 1 is 1.41 bits per heavy atom. The lowest BCUT2D eigenvalue weighted by Crippen LogP contribution is -2.11. The maximum absolute atomic E-state index is 9.81. The molecule has 0 aliphatic heterocycles. The summed E-state index contributed by atoms with van der Waals surface area (Å²) in [5.41, 5.74) is 1.91. The van der Waals surface area contributed by atoms with E-state index in [2.05, 4.69) is 5.32 Å². The van der Waals surface area contributed by atoms with Crippen molar-refractivity contribution in [1.29, 1.82) is 0 Å². The molecule has 1 atom stereocenters. The number of aliphatic hydroxyl groups excluding tert-OH is 1. The van der Waals surface area contributed by atoms with Crippen LogP contribution in [0.4, 0.5) is 5.69 Å². The third-order valence-electron chi connectivity index (χ3n) is 2.54. The first-order valence-corrected chi connectivity index (χ1v) is 5.76. The molecule has 2 N–H and O–H groups in total. The number of nitrogens with one attached hydrogen (secondary N) is 1. The normalized spacial score (nSPS) is 12.4. The topological polar surface area (TPSA) is 45.4 Å². The zero-order chi connectivity index (χ0) is 12.3. The van der Waals surface area contributed by atoms with E-state index in [1.54, 1.807) is 18.4 Å². The number of furan rings is 1. The molecule has 0 aliphatic carbocycles. The Balaban J connectivity index is 1.96. The average molecular weight is 252 g/mol. The van der Waals surface area contributed by atoms with Crippen LogP contribution in [0.2, 0.25) is 5.02 Å². The first kappa shape index (κ1) is 12.0. The van der Waals surface area contributed by atoms with Crippen molar-refractivity contribution >= 4 is 17.3 Å². The molecule has 0 fully saturated rings. The molecule has 1 aromatic heterocycles. The lowest BCUT2D eigenvalue weighted by molar-refractivity contribution is 0.162. The van der Waals surface area contributed by atoms with Crippen molar-refractivity contribution in [2.24, 2.45) is 0 Å². The number of hydrogen-bond donors (Lipinski definition) is 2. The quantitative estimate of drug-likeness (QED) is 0.876. The Morgan fingerprint density at radius 2 is 2.24 bits per heavy atom. The minimum Gasteiger partial charge on any atom is -0.467 e. The molecule has 0 saturated heterocycles. The summed E-state index contributed by atoms with van der Waals surface area (Å²) < 4.78 is 5.11. The lowest BCUT2D eigenvalue weighted by atomic mass is 10.2. The second kappa shape index (κ2) is 5.25. The SMILES string of the molecule is Cc1ccc(NCC(O)c2ccco2)cc1Cl. The maximum atomic E-state index is 9.81. The third kappa shape index (κ3) is 3.02. The molecule has 0 radical (unpaired) electrons. The highest BCUT2D eigenvalue weighted by atomic mass is 35.5. The summed E-state index contributed by atoms with van der Waals surface area (Å²) in [5.74, 6) is 0.552. The lowest BCUT2D eigenvalue weighted by Gasteiger charge is -2.11. The minimum atomic E-state index is -0.662. The van der Waals surface area contributed by atoms with E-state index >= 15 is 0 Å². The van der Waals surface area contributed by atoms with Crippen LogP contribution in [0.3, 0.4) is 0 Å². The second-order valence-electron chi connectivity index (χ2n) is 3.88. The highest BCUT2D eigenvalue weighted by Gasteiger charge is 2.09.